The van der Waals surface area contributed by atoms with E-state index in [9.17, 15) is 8.42 Å². The number of aromatic amines is 1. The molecule has 3 aromatic carbocycles. The average Bonchev–Trinajstić information content (AvgIpc) is 3.46. The maximum atomic E-state index is 12.6. The average molecular weight is 457 g/mol. The van der Waals surface area contributed by atoms with Gasteiger partial charge in [0, 0.05) is 35.1 Å². The number of rotatable bonds is 7. The Labute approximate surface area is 195 Å². The van der Waals surface area contributed by atoms with E-state index in [1.807, 2.05) is 18.2 Å². The lowest BCUT2D eigenvalue weighted by molar-refractivity contribution is 0.244. The molecule has 1 aliphatic heterocycles. The number of nitrogens with zero attached hydrogens (tertiary/aromatic N) is 1. The molecule has 0 spiro atoms. The normalized spacial score (nSPS) is 17.3. The summed E-state index contributed by atoms with van der Waals surface area (Å²) in [6.07, 6.45) is 7.22. The molecule has 1 aromatic heterocycles. The summed E-state index contributed by atoms with van der Waals surface area (Å²) in [7, 11) is -3.46. The topological polar surface area (TPSA) is 53.2 Å². The fraction of sp³-hybridized carbons (Fsp3) is 0.214. The molecule has 5 rings (SSSR count). The minimum Gasteiger partial charge on any atom is -0.361 e. The number of hydrogen-bond acceptors (Lipinski definition) is 3. The smallest absolute Gasteiger partial charge is 0.199 e. The van der Waals surface area contributed by atoms with E-state index in [0.717, 1.165) is 30.6 Å². The standard InChI is InChI=1S/C28H28N2O2S/c31-33(32,26-11-5-2-6-12-26)17-15-22-13-14-28-27(18-22)24(20-29-28)19-25-10-7-16-30(25)21-23-8-3-1-4-9-23/h1-6,8-9,11-15,17-18,20,25,29H,7,10,16,19,21H2/b17-15+/t25-/m1/s1. The molecule has 1 N–H and O–H groups in total. The summed E-state index contributed by atoms with van der Waals surface area (Å²) >= 11 is 0. The van der Waals surface area contributed by atoms with E-state index < -0.39 is 9.84 Å². The Bertz CT molecular complexity index is 1360. The van der Waals surface area contributed by atoms with Crippen molar-refractivity contribution in [3.8, 4) is 0 Å². The van der Waals surface area contributed by atoms with Crippen molar-refractivity contribution in [2.24, 2.45) is 0 Å². The highest BCUT2D eigenvalue weighted by Crippen LogP contribution is 2.28. The highest BCUT2D eigenvalue weighted by molar-refractivity contribution is 7.94. The Kier molecular flexibility index (Phi) is 6.16. The molecule has 1 saturated heterocycles. The zero-order chi connectivity index (χ0) is 22.7. The van der Waals surface area contributed by atoms with Crippen molar-refractivity contribution >= 4 is 26.8 Å². The van der Waals surface area contributed by atoms with Gasteiger partial charge in [-0.3, -0.25) is 4.90 Å². The van der Waals surface area contributed by atoms with E-state index in [0.29, 0.717) is 10.9 Å². The van der Waals surface area contributed by atoms with E-state index in [-0.39, 0.29) is 0 Å². The van der Waals surface area contributed by atoms with Crippen molar-refractivity contribution in [2.75, 3.05) is 6.54 Å². The first-order valence-electron chi connectivity index (χ1n) is 11.4. The van der Waals surface area contributed by atoms with E-state index >= 15 is 0 Å². The van der Waals surface area contributed by atoms with Gasteiger partial charge in [0.25, 0.3) is 0 Å². The van der Waals surface area contributed by atoms with Crippen LogP contribution in [0.1, 0.15) is 29.5 Å². The van der Waals surface area contributed by atoms with Gasteiger partial charge < -0.3 is 4.98 Å². The first-order chi connectivity index (χ1) is 16.1. The van der Waals surface area contributed by atoms with Crippen LogP contribution < -0.4 is 0 Å². The van der Waals surface area contributed by atoms with Crippen molar-refractivity contribution in [3.63, 3.8) is 0 Å². The lowest BCUT2D eigenvalue weighted by atomic mass is 10.0. The maximum Gasteiger partial charge on any atom is 0.199 e. The molecule has 1 atom stereocenters. The molecular formula is C28H28N2O2S. The van der Waals surface area contributed by atoms with Gasteiger partial charge in [0.15, 0.2) is 9.84 Å². The summed E-state index contributed by atoms with van der Waals surface area (Å²) in [4.78, 5) is 6.29. The SMILES string of the molecule is O=S(=O)(/C=C/c1ccc2[nH]cc(C[C@H]3CCCN3Cc3ccccc3)c2c1)c1ccccc1. The molecule has 2 heterocycles. The van der Waals surface area contributed by atoms with Gasteiger partial charge in [0.05, 0.1) is 4.90 Å². The minimum atomic E-state index is -3.46. The third-order valence-electron chi connectivity index (χ3n) is 6.49. The van der Waals surface area contributed by atoms with Gasteiger partial charge >= 0.3 is 0 Å². The first-order valence-corrected chi connectivity index (χ1v) is 13.0. The van der Waals surface area contributed by atoms with E-state index in [1.165, 1.54) is 34.8 Å². The molecule has 0 unspecified atom stereocenters. The highest BCUT2D eigenvalue weighted by atomic mass is 32.2. The van der Waals surface area contributed by atoms with Crippen LogP contribution in [0, 0.1) is 0 Å². The van der Waals surface area contributed by atoms with E-state index in [4.69, 9.17) is 0 Å². The van der Waals surface area contributed by atoms with Gasteiger partial charge in [-0.05, 0) is 72.8 Å². The predicted molar refractivity (Wildman–Crippen MR) is 135 cm³/mol. The number of likely N-dealkylation sites (tertiary alicyclic amines) is 1. The molecule has 0 radical (unpaired) electrons. The summed E-state index contributed by atoms with van der Waals surface area (Å²) in [5, 5.41) is 2.47. The number of nitrogens with one attached hydrogen (secondary N) is 1. The largest absolute Gasteiger partial charge is 0.361 e. The number of sulfone groups is 1. The molecule has 4 nitrogen and oxygen atoms in total. The Morgan fingerprint density at radius 3 is 2.52 bits per heavy atom. The molecule has 0 amide bonds. The molecule has 5 heteroatoms. The zero-order valence-electron chi connectivity index (χ0n) is 18.5. The molecule has 1 aliphatic rings. The van der Waals surface area contributed by atoms with E-state index in [2.05, 4.69) is 52.5 Å². The quantitative estimate of drug-likeness (QED) is 0.381. The highest BCUT2D eigenvalue weighted by Gasteiger charge is 2.25. The molecular weight excluding hydrogens is 428 g/mol. The summed E-state index contributed by atoms with van der Waals surface area (Å²) in [5.74, 6) is 0. The van der Waals surface area contributed by atoms with E-state index in [1.54, 1.807) is 30.3 Å². The second-order valence-corrected chi connectivity index (χ2v) is 10.6. The molecule has 168 valence electrons. The maximum absolute atomic E-state index is 12.6. The lowest BCUT2D eigenvalue weighted by Crippen LogP contribution is -2.30. The third kappa shape index (κ3) is 4.95. The summed E-state index contributed by atoms with van der Waals surface area (Å²) in [6, 6.07) is 25.8. The van der Waals surface area contributed by atoms with Gasteiger partial charge in [-0.15, -0.1) is 0 Å². The summed E-state index contributed by atoms with van der Waals surface area (Å²) in [5.41, 5.74) is 4.61. The van der Waals surface area contributed by atoms with Gasteiger partial charge in [0.1, 0.15) is 0 Å². The molecule has 1 fully saturated rings. The summed E-state index contributed by atoms with van der Waals surface area (Å²) < 4.78 is 25.2. The van der Waals surface area contributed by atoms with Crippen LogP contribution in [0.25, 0.3) is 17.0 Å². The van der Waals surface area contributed by atoms with Crippen molar-refractivity contribution in [1.29, 1.82) is 0 Å². The van der Waals surface area contributed by atoms with Gasteiger partial charge in [-0.25, -0.2) is 8.42 Å². The number of hydrogen-bond donors (Lipinski definition) is 1. The van der Waals surface area contributed by atoms with Crippen LogP contribution in [0.15, 0.2) is 95.4 Å². The molecule has 33 heavy (non-hydrogen) atoms. The lowest BCUT2D eigenvalue weighted by Gasteiger charge is -2.24. The fourth-order valence-corrected chi connectivity index (χ4v) is 5.76. The van der Waals surface area contributed by atoms with Crippen LogP contribution in [0.2, 0.25) is 0 Å². The van der Waals surface area contributed by atoms with Crippen molar-refractivity contribution in [2.45, 2.75) is 36.7 Å². The third-order valence-corrected chi connectivity index (χ3v) is 7.91. The minimum absolute atomic E-state index is 0.310. The number of aromatic nitrogens is 1. The summed E-state index contributed by atoms with van der Waals surface area (Å²) in [6.45, 7) is 2.12. The van der Waals surface area contributed by atoms with Gasteiger partial charge in [0.2, 0.25) is 0 Å². The molecule has 4 aromatic rings. The molecule has 0 saturated carbocycles. The van der Waals surface area contributed by atoms with Crippen LogP contribution in [-0.4, -0.2) is 30.9 Å². The number of H-pyrrole nitrogens is 1. The van der Waals surface area contributed by atoms with Gasteiger partial charge in [-0.1, -0.05) is 54.6 Å². The fourth-order valence-electron chi connectivity index (χ4n) is 4.73. The monoisotopic (exact) mass is 456 g/mol. The van der Waals surface area contributed by atoms with Crippen LogP contribution in [0.4, 0.5) is 0 Å². The molecule has 0 aliphatic carbocycles. The second kappa shape index (κ2) is 9.38. The molecule has 0 bridgehead atoms. The Balaban J connectivity index is 1.35. The first kappa shape index (κ1) is 21.7. The Hall–Kier alpha value is -3.15. The Morgan fingerprint density at radius 2 is 1.73 bits per heavy atom. The number of benzene rings is 3. The predicted octanol–water partition coefficient (Wildman–Crippen LogP) is 5.82. The van der Waals surface area contributed by atoms with Gasteiger partial charge in [-0.2, -0.15) is 0 Å². The second-order valence-electron chi connectivity index (χ2n) is 8.74. The van der Waals surface area contributed by atoms with Crippen molar-refractivity contribution in [3.05, 3.63) is 107 Å². The van der Waals surface area contributed by atoms with Crippen molar-refractivity contribution in [1.82, 2.24) is 9.88 Å². The van der Waals surface area contributed by atoms with Crippen LogP contribution in [0.3, 0.4) is 0 Å². The number of fused-ring (bicyclic) bond motifs is 1. The van der Waals surface area contributed by atoms with Crippen LogP contribution >= 0.6 is 0 Å². The zero-order valence-corrected chi connectivity index (χ0v) is 19.3. The Morgan fingerprint density at radius 1 is 0.970 bits per heavy atom. The van der Waals surface area contributed by atoms with Crippen LogP contribution in [0.5, 0.6) is 0 Å². The van der Waals surface area contributed by atoms with Crippen molar-refractivity contribution < 1.29 is 8.42 Å². The van der Waals surface area contributed by atoms with Crippen LogP contribution in [-0.2, 0) is 22.8 Å².